The van der Waals surface area contributed by atoms with E-state index in [2.05, 4.69) is 5.32 Å². The van der Waals surface area contributed by atoms with E-state index in [-0.39, 0.29) is 15.5 Å². The smallest absolute Gasteiger partial charge is 0.340 e. The van der Waals surface area contributed by atoms with Crippen LogP contribution in [0.5, 0.6) is 0 Å². The van der Waals surface area contributed by atoms with Crippen LogP contribution < -0.4 is 10.2 Å². The monoisotopic (exact) mass is 493 g/mol. The van der Waals surface area contributed by atoms with Crippen LogP contribution in [0.3, 0.4) is 0 Å². The second-order valence-corrected chi connectivity index (χ2v) is 10.7. The summed E-state index contributed by atoms with van der Waals surface area (Å²) in [6.07, 6.45) is -1.29. The summed E-state index contributed by atoms with van der Waals surface area (Å²) in [5, 5.41) is 2.73. The van der Waals surface area contributed by atoms with Crippen LogP contribution in [0.1, 0.15) is 31.1 Å². The molecule has 0 saturated carbocycles. The number of halogens is 1. The number of carbonyl (C=O) groups is 3. The van der Waals surface area contributed by atoms with Crippen molar-refractivity contribution < 1.29 is 27.5 Å². The topological polar surface area (TPSA) is 113 Å². The Morgan fingerprint density at radius 3 is 2.42 bits per heavy atom. The molecule has 0 saturated heterocycles. The van der Waals surface area contributed by atoms with E-state index in [0.717, 1.165) is 10.4 Å². The van der Waals surface area contributed by atoms with Crippen LogP contribution in [0, 0.1) is 0 Å². The molecule has 11 heteroatoms. The Hall–Kier alpha value is -2.95. The highest BCUT2D eigenvalue weighted by atomic mass is 35.5. The van der Waals surface area contributed by atoms with E-state index in [0.29, 0.717) is 11.4 Å². The number of nitrogens with one attached hydrogen (secondary N) is 1. The lowest BCUT2D eigenvalue weighted by atomic mass is 9.95. The Morgan fingerprint density at radius 1 is 1.15 bits per heavy atom. The fraction of sp³-hybridized carbons (Fsp3) is 0.318. The maximum Gasteiger partial charge on any atom is 0.340 e. The first-order valence-corrected chi connectivity index (χ1v) is 11.8. The first-order valence-electron chi connectivity index (χ1n) is 9.96. The third-order valence-electron chi connectivity index (χ3n) is 5.30. The summed E-state index contributed by atoms with van der Waals surface area (Å²) in [6, 6.07) is 10.4. The van der Waals surface area contributed by atoms with Crippen LogP contribution >= 0.6 is 11.6 Å². The lowest BCUT2D eigenvalue weighted by molar-refractivity contribution is -0.131. The number of hydrogen-bond acceptors (Lipinski definition) is 6. The normalized spacial score (nSPS) is 16.1. The number of sulfonamides is 1. The van der Waals surface area contributed by atoms with E-state index in [1.807, 2.05) is 0 Å². The minimum absolute atomic E-state index is 0.0274. The zero-order valence-electron chi connectivity index (χ0n) is 18.7. The molecule has 1 aliphatic rings. The molecule has 0 fully saturated rings. The summed E-state index contributed by atoms with van der Waals surface area (Å²) in [4.78, 5) is 39.9. The summed E-state index contributed by atoms with van der Waals surface area (Å²) in [5.74, 6) is -1.98. The predicted molar refractivity (Wildman–Crippen MR) is 124 cm³/mol. The zero-order valence-corrected chi connectivity index (χ0v) is 20.3. The average Bonchev–Trinajstić information content (AvgIpc) is 2.74. The van der Waals surface area contributed by atoms with E-state index >= 15 is 0 Å². The first kappa shape index (κ1) is 24.7. The van der Waals surface area contributed by atoms with Gasteiger partial charge in [0.25, 0.3) is 5.91 Å². The Labute approximate surface area is 197 Å². The van der Waals surface area contributed by atoms with Gasteiger partial charge in [0.05, 0.1) is 26.9 Å². The average molecular weight is 494 g/mol. The fourth-order valence-electron chi connectivity index (χ4n) is 3.33. The number of hydrogen-bond donors (Lipinski definition) is 1. The molecule has 0 aromatic heterocycles. The van der Waals surface area contributed by atoms with Gasteiger partial charge in [0, 0.05) is 14.1 Å². The minimum atomic E-state index is -3.82. The van der Waals surface area contributed by atoms with Crippen LogP contribution in [0.2, 0.25) is 5.02 Å². The molecule has 1 N–H and O–H groups in total. The molecular weight excluding hydrogens is 470 g/mol. The second kappa shape index (κ2) is 8.77. The standard InChI is InChI=1S/C22H24ClN3O6S/c1-13(19(27)26-18-9-7-6-8-17(18)24-21(29)22(26,2)3)32-20(28)15-12-14(10-11-16(15)23)33(30,31)25(4)5/h6-13H,1-5H3,(H,24,29)/t13-/m0/s1. The van der Waals surface area contributed by atoms with Gasteiger partial charge in [-0.05, 0) is 51.1 Å². The van der Waals surface area contributed by atoms with Crippen molar-refractivity contribution in [1.29, 1.82) is 0 Å². The van der Waals surface area contributed by atoms with Gasteiger partial charge in [0.2, 0.25) is 15.9 Å². The number of esters is 1. The maximum absolute atomic E-state index is 13.3. The van der Waals surface area contributed by atoms with E-state index < -0.39 is 39.4 Å². The molecule has 2 amide bonds. The quantitative estimate of drug-likeness (QED) is 0.641. The third-order valence-corrected chi connectivity index (χ3v) is 7.44. The molecule has 33 heavy (non-hydrogen) atoms. The Morgan fingerprint density at radius 2 is 1.79 bits per heavy atom. The number of nitrogens with zero attached hydrogens (tertiary/aromatic N) is 2. The van der Waals surface area contributed by atoms with Crippen LogP contribution in [0.15, 0.2) is 47.4 Å². The van der Waals surface area contributed by atoms with Crippen molar-refractivity contribution in [2.45, 2.75) is 37.3 Å². The molecule has 0 spiro atoms. The van der Waals surface area contributed by atoms with Crippen molar-refractivity contribution in [2.75, 3.05) is 24.3 Å². The van der Waals surface area contributed by atoms with Gasteiger partial charge >= 0.3 is 5.97 Å². The van der Waals surface area contributed by atoms with Crippen LogP contribution in [0.4, 0.5) is 11.4 Å². The van der Waals surface area contributed by atoms with Gasteiger partial charge in [-0.15, -0.1) is 0 Å². The summed E-state index contributed by atoms with van der Waals surface area (Å²) in [6.45, 7) is 4.54. The van der Waals surface area contributed by atoms with Gasteiger partial charge in [0.1, 0.15) is 5.54 Å². The molecule has 2 aromatic carbocycles. The molecule has 0 unspecified atom stereocenters. The van der Waals surface area contributed by atoms with Gasteiger partial charge in [-0.1, -0.05) is 23.7 Å². The molecule has 2 aromatic rings. The SMILES string of the molecule is C[C@H](OC(=O)c1cc(S(=O)(=O)N(C)C)ccc1Cl)C(=O)N1c2ccccc2NC(=O)C1(C)C. The molecule has 176 valence electrons. The van der Waals surface area contributed by atoms with Crippen LogP contribution in [-0.2, 0) is 24.3 Å². The Bertz CT molecular complexity index is 1240. The van der Waals surface area contributed by atoms with Gasteiger partial charge < -0.3 is 10.1 Å². The van der Waals surface area contributed by atoms with E-state index in [9.17, 15) is 22.8 Å². The number of amides is 2. The van der Waals surface area contributed by atoms with Crippen LogP contribution in [0.25, 0.3) is 0 Å². The van der Waals surface area contributed by atoms with Crippen LogP contribution in [-0.4, -0.2) is 56.2 Å². The lowest BCUT2D eigenvalue weighted by Gasteiger charge is -2.42. The van der Waals surface area contributed by atoms with Gasteiger partial charge in [0.15, 0.2) is 6.10 Å². The summed E-state index contributed by atoms with van der Waals surface area (Å²) >= 11 is 6.11. The molecule has 3 rings (SSSR count). The van der Waals surface area contributed by atoms with E-state index in [1.54, 1.807) is 38.1 Å². The van der Waals surface area contributed by atoms with Crippen molar-refractivity contribution >= 4 is 50.8 Å². The third kappa shape index (κ3) is 4.46. The highest BCUT2D eigenvalue weighted by Crippen LogP contribution is 2.37. The van der Waals surface area contributed by atoms with Crippen molar-refractivity contribution in [3.05, 3.63) is 53.1 Å². The number of anilines is 2. The predicted octanol–water partition coefficient (Wildman–Crippen LogP) is 2.90. The maximum atomic E-state index is 13.3. The number of fused-ring (bicyclic) bond motifs is 1. The lowest BCUT2D eigenvalue weighted by Crippen LogP contribution is -2.60. The number of ether oxygens (including phenoxy) is 1. The summed E-state index contributed by atoms with van der Waals surface area (Å²) in [7, 11) is -1.10. The number of para-hydroxylation sites is 2. The highest BCUT2D eigenvalue weighted by Gasteiger charge is 2.45. The minimum Gasteiger partial charge on any atom is -0.449 e. The molecule has 1 aliphatic heterocycles. The molecule has 9 nitrogen and oxygen atoms in total. The van der Waals surface area contributed by atoms with Crippen molar-refractivity contribution in [3.63, 3.8) is 0 Å². The Kier molecular flexibility index (Phi) is 6.56. The zero-order chi connectivity index (χ0) is 24.7. The van der Waals surface area contributed by atoms with Gasteiger partial charge in [-0.3, -0.25) is 14.5 Å². The first-order chi connectivity index (χ1) is 15.3. The molecule has 1 heterocycles. The molecule has 0 aliphatic carbocycles. The summed E-state index contributed by atoms with van der Waals surface area (Å²) < 4.78 is 31.2. The van der Waals surface area contributed by atoms with Gasteiger partial charge in [-0.2, -0.15) is 0 Å². The number of benzene rings is 2. The molecule has 0 radical (unpaired) electrons. The van der Waals surface area contributed by atoms with E-state index in [1.165, 1.54) is 38.1 Å². The highest BCUT2D eigenvalue weighted by molar-refractivity contribution is 7.89. The van der Waals surface area contributed by atoms with Crippen molar-refractivity contribution in [3.8, 4) is 0 Å². The molecular formula is C22H24ClN3O6S. The Balaban J connectivity index is 1.91. The largest absolute Gasteiger partial charge is 0.449 e. The van der Waals surface area contributed by atoms with Crippen molar-refractivity contribution in [1.82, 2.24) is 4.31 Å². The molecule has 0 bridgehead atoms. The van der Waals surface area contributed by atoms with Gasteiger partial charge in [-0.25, -0.2) is 17.5 Å². The second-order valence-electron chi connectivity index (χ2n) is 8.18. The number of carbonyl (C=O) groups excluding carboxylic acids is 3. The number of rotatable bonds is 5. The summed E-state index contributed by atoms with van der Waals surface area (Å²) in [5.41, 5.74) is -0.524. The fourth-order valence-corrected chi connectivity index (χ4v) is 4.46. The molecule has 1 atom stereocenters. The van der Waals surface area contributed by atoms with E-state index in [4.69, 9.17) is 16.3 Å². The van der Waals surface area contributed by atoms with Crippen molar-refractivity contribution in [2.24, 2.45) is 0 Å².